The summed E-state index contributed by atoms with van der Waals surface area (Å²) in [6, 6.07) is 1.97. The number of hydrogen-bond donors (Lipinski definition) is 1. The maximum Gasteiger partial charge on any atom is 0.327 e. The van der Waals surface area contributed by atoms with Gasteiger partial charge in [-0.1, -0.05) is 26.5 Å². The molecule has 0 amide bonds. The number of carboxylic acid groups (broad SMARTS) is 1. The Hall–Kier alpha value is -1.56. The highest BCUT2D eigenvalue weighted by atomic mass is 16.4. The first-order valence-corrected chi connectivity index (χ1v) is 3.51. The van der Waals surface area contributed by atoms with Crippen molar-refractivity contribution in [3.8, 4) is 6.07 Å². The molecule has 12 heavy (non-hydrogen) atoms. The minimum atomic E-state index is -0.981. The summed E-state index contributed by atoms with van der Waals surface area (Å²) in [6.07, 6.45) is 2.70. The highest BCUT2D eigenvalue weighted by molar-refractivity contribution is 5.78. The Morgan fingerprint density at radius 3 is 2.25 bits per heavy atom. The number of hydrogen-bond acceptors (Lipinski definition) is 2. The van der Waals surface area contributed by atoms with Gasteiger partial charge >= 0.3 is 5.97 Å². The van der Waals surface area contributed by atoms with Crippen LogP contribution in [0.15, 0.2) is 24.8 Å². The highest BCUT2D eigenvalue weighted by Crippen LogP contribution is 1.96. The van der Waals surface area contributed by atoms with Crippen molar-refractivity contribution in [2.75, 3.05) is 0 Å². The topological polar surface area (TPSA) is 61.1 Å². The first-order chi connectivity index (χ1) is 5.58. The highest BCUT2D eigenvalue weighted by Gasteiger charge is 1.83. The van der Waals surface area contributed by atoms with Crippen LogP contribution in [-0.4, -0.2) is 11.1 Å². The Balaban J connectivity index is 0. The van der Waals surface area contributed by atoms with Gasteiger partial charge in [-0.2, -0.15) is 5.26 Å². The standard InChI is InChI=1S/C6H9N.C3H4O2/c1-3-4-6(2)5-7;1-2-3(4)5/h2-4H2,1H3;2H,1H2,(H,4,5). The van der Waals surface area contributed by atoms with Gasteiger partial charge in [0.05, 0.1) is 6.07 Å². The van der Waals surface area contributed by atoms with Crippen LogP contribution in [-0.2, 0) is 4.79 Å². The summed E-state index contributed by atoms with van der Waals surface area (Å²) in [6.45, 7) is 8.49. The van der Waals surface area contributed by atoms with Crippen molar-refractivity contribution in [2.45, 2.75) is 19.8 Å². The van der Waals surface area contributed by atoms with Gasteiger partial charge in [0.15, 0.2) is 0 Å². The van der Waals surface area contributed by atoms with Crippen LogP contribution in [0.5, 0.6) is 0 Å². The van der Waals surface area contributed by atoms with Crippen LogP contribution < -0.4 is 0 Å². The second kappa shape index (κ2) is 9.44. The molecule has 0 aromatic rings. The monoisotopic (exact) mass is 167 g/mol. The molecule has 0 aliphatic heterocycles. The first kappa shape index (κ1) is 13.1. The average molecular weight is 167 g/mol. The van der Waals surface area contributed by atoms with Gasteiger partial charge in [0.2, 0.25) is 0 Å². The second-order valence-corrected chi connectivity index (χ2v) is 2.01. The summed E-state index contributed by atoms with van der Waals surface area (Å²) < 4.78 is 0. The van der Waals surface area contributed by atoms with E-state index in [4.69, 9.17) is 10.4 Å². The zero-order valence-electron chi connectivity index (χ0n) is 7.21. The second-order valence-electron chi connectivity index (χ2n) is 2.01. The lowest BCUT2D eigenvalue weighted by Crippen LogP contribution is -1.82. The SMILES string of the molecule is C=C(C#N)CCC.C=CC(=O)O. The van der Waals surface area contributed by atoms with Crippen molar-refractivity contribution in [3.05, 3.63) is 24.8 Å². The smallest absolute Gasteiger partial charge is 0.327 e. The quantitative estimate of drug-likeness (QED) is 0.517. The van der Waals surface area contributed by atoms with E-state index in [-0.39, 0.29) is 0 Å². The van der Waals surface area contributed by atoms with Gasteiger partial charge in [0.25, 0.3) is 0 Å². The van der Waals surface area contributed by atoms with E-state index in [1.807, 2.05) is 13.0 Å². The molecule has 0 unspecified atom stereocenters. The predicted molar refractivity (Wildman–Crippen MR) is 47.5 cm³/mol. The number of carboxylic acids is 1. The first-order valence-electron chi connectivity index (χ1n) is 3.51. The Kier molecular flexibility index (Phi) is 10.3. The lowest BCUT2D eigenvalue weighted by Gasteiger charge is -1.84. The summed E-state index contributed by atoms with van der Waals surface area (Å²) in [5.41, 5.74) is 0.683. The molecule has 0 radical (unpaired) electrons. The Bertz CT molecular complexity index is 201. The van der Waals surface area contributed by atoms with E-state index in [1.165, 1.54) is 0 Å². The number of rotatable bonds is 3. The maximum absolute atomic E-state index is 9.25. The fraction of sp³-hybridized carbons (Fsp3) is 0.333. The zero-order valence-corrected chi connectivity index (χ0v) is 7.21. The molecule has 0 rings (SSSR count). The molecular formula is C9H13NO2. The van der Waals surface area contributed by atoms with Gasteiger partial charge in [0.1, 0.15) is 0 Å². The number of aliphatic carboxylic acids is 1. The van der Waals surface area contributed by atoms with E-state index in [2.05, 4.69) is 13.2 Å². The molecule has 0 bridgehead atoms. The summed E-state index contributed by atoms with van der Waals surface area (Å²) in [5, 5.41) is 15.7. The summed E-state index contributed by atoms with van der Waals surface area (Å²) in [5.74, 6) is -0.981. The van der Waals surface area contributed by atoms with Gasteiger partial charge in [-0.05, 0) is 6.42 Å². The molecule has 0 aliphatic carbocycles. The summed E-state index contributed by atoms with van der Waals surface area (Å²) in [7, 11) is 0. The minimum Gasteiger partial charge on any atom is -0.478 e. The minimum absolute atomic E-state index is 0.683. The van der Waals surface area contributed by atoms with Crippen molar-refractivity contribution < 1.29 is 9.90 Å². The van der Waals surface area contributed by atoms with Gasteiger partial charge in [-0.15, -0.1) is 0 Å². The third kappa shape index (κ3) is 15.8. The number of allylic oxidation sites excluding steroid dienone is 1. The van der Waals surface area contributed by atoms with Gasteiger partial charge < -0.3 is 5.11 Å². The summed E-state index contributed by atoms with van der Waals surface area (Å²) in [4.78, 5) is 9.25. The third-order valence-corrected chi connectivity index (χ3v) is 0.885. The van der Waals surface area contributed by atoms with E-state index in [0.717, 1.165) is 18.9 Å². The Morgan fingerprint density at radius 2 is 2.17 bits per heavy atom. The maximum atomic E-state index is 9.25. The van der Waals surface area contributed by atoms with Crippen LogP contribution >= 0.6 is 0 Å². The van der Waals surface area contributed by atoms with Crippen LogP contribution in [0.25, 0.3) is 0 Å². The Labute approximate surface area is 72.6 Å². The van der Waals surface area contributed by atoms with Crippen LogP contribution in [0.4, 0.5) is 0 Å². The van der Waals surface area contributed by atoms with Crippen molar-refractivity contribution in [3.63, 3.8) is 0 Å². The van der Waals surface area contributed by atoms with E-state index in [1.54, 1.807) is 0 Å². The van der Waals surface area contributed by atoms with Crippen LogP contribution in [0.1, 0.15) is 19.8 Å². The fourth-order valence-corrected chi connectivity index (χ4v) is 0.358. The normalized spacial score (nSPS) is 7.00. The van der Waals surface area contributed by atoms with Crippen LogP contribution in [0.2, 0.25) is 0 Å². The van der Waals surface area contributed by atoms with Gasteiger partial charge in [-0.3, -0.25) is 0 Å². The molecule has 0 saturated heterocycles. The molecule has 3 nitrogen and oxygen atoms in total. The van der Waals surface area contributed by atoms with E-state index in [0.29, 0.717) is 5.57 Å². The number of nitriles is 1. The molecule has 3 heteroatoms. The van der Waals surface area contributed by atoms with E-state index < -0.39 is 5.97 Å². The molecule has 0 saturated carbocycles. The third-order valence-electron chi connectivity index (χ3n) is 0.885. The molecule has 0 heterocycles. The predicted octanol–water partition coefficient (Wildman–Crippen LogP) is 2.12. The lowest BCUT2D eigenvalue weighted by atomic mass is 10.2. The molecular weight excluding hydrogens is 154 g/mol. The largest absolute Gasteiger partial charge is 0.478 e. The molecule has 0 fully saturated rings. The molecule has 0 atom stereocenters. The zero-order chi connectivity index (χ0) is 9.98. The number of carbonyl (C=O) groups is 1. The van der Waals surface area contributed by atoms with Crippen molar-refractivity contribution in [1.29, 1.82) is 5.26 Å². The van der Waals surface area contributed by atoms with Gasteiger partial charge in [0, 0.05) is 11.6 Å². The molecule has 0 aromatic heterocycles. The molecule has 1 N–H and O–H groups in total. The van der Waals surface area contributed by atoms with Crippen molar-refractivity contribution >= 4 is 5.97 Å². The van der Waals surface area contributed by atoms with Crippen LogP contribution in [0, 0.1) is 11.3 Å². The van der Waals surface area contributed by atoms with Crippen LogP contribution in [0.3, 0.4) is 0 Å². The van der Waals surface area contributed by atoms with Gasteiger partial charge in [-0.25, -0.2) is 4.79 Å². The van der Waals surface area contributed by atoms with E-state index in [9.17, 15) is 4.79 Å². The molecule has 66 valence electrons. The van der Waals surface area contributed by atoms with Crippen molar-refractivity contribution in [2.24, 2.45) is 0 Å². The fourth-order valence-electron chi connectivity index (χ4n) is 0.358. The Morgan fingerprint density at radius 1 is 1.75 bits per heavy atom. The molecule has 0 aromatic carbocycles. The molecule has 0 aliphatic rings. The van der Waals surface area contributed by atoms with E-state index >= 15 is 0 Å². The summed E-state index contributed by atoms with van der Waals surface area (Å²) >= 11 is 0. The average Bonchev–Trinajstić information content (AvgIpc) is 2.06. The number of nitrogens with zero attached hydrogens (tertiary/aromatic N) is 1. The molecule has 0 spiro atoms. The lowest BCUT2D eigenvalue weighted by molar-refractivity contribution is -0.131. The van der Waals surface area contributed by atoms with Crippen molar-refractivity contribution in [1.82, 2.24) is 0 Å².